The number of rotatable bonds is 0. The van der Waals surface area contributed by atoms with Gasteiger partial charge in [-0.3, -0.25) is 4.79 Å². The van der Waals surface area contributed by atoms with E-state index >= 15 is 0 Å². The Morgan fingerprint density at radius 1 is 1.60 bits per heavy atom. The molecule has 0 amide bonds. The highest BCUT2D eigenvalue weighted by molar-refractivity contribution is 5.85. The molecule has 58 valence electrons. The number of nitrogens with one attached hydrogen (secondary N) is 1. The average molecular weight is 164 g/mol. The lowest BCUT2D eigenvalue weighted by Gasteiger charge is -1.99. The Morgan fingerprint density at radius 3 is 3.10 bits per heavy atom. The summed E-state index contributed by atoms with van der Waals surface area (Å²) >= 11 is 0. The van der Waals surface area contributed by atoms with Crippen LogP contribution >= 0.6 is 12.4 Å². The van der Waals surface area contributed by atoms with Crippen LogP contribution in [0.1, 0.15) is 6.42 Å². The zero-order chi connectivity index (χ0) is 6.27. The first kappa shape index (κ1) is 7.82. The third kappa shape index (κ3) is 0.995. The molecule has 0 aliphatic carbocycles. The van der Waals surface area contributed by atoms with Crippen molar-refractivity contribution in [3.63, 3.8) is 0 Å². The standard InChI is InChI=1S/C6H9NO2.ClH/c8-6-5-4(3-9-6)1-2-7-5;/h4-5,7H,1-3H2;1H/t4-,5-;/m0./s1. The number of carbonyl (C=O) groups excluding carboxylic acids is 1. The van der Waals surface area contributed by atoms with Gasteiger partial charge >= 0.3 is 5.97 Å². The minimum absolute atomic E-state index is 0. The van der Waals surface area contributed by atoms with Gasteiger partial charge in [0.05, 0.1) is 6.61 Å². The Kier molecular flexibility index (Phi) is 2.16. The molecule has 2 aliphatic heterocycles. The van der Waals surface area contributed by atoms with E-state index in [4.69, 9.17) is 4.74 Å². The minimum Gasteiger partial charge on any atom is -0.464 e. The van der Waals surface area contributed by atoms with Crippen LogP contribution in [-0.4, -0.2) is 25.2 Å². The molecule has 1 N–H and O–H groups in total. The van der Waals surface area contributed by atoms with Gasteiger partial charge in [0.1, 0.15) is 6.04 Å². The normalized spacial score (nSPS) is 36.6. The van der Waals surface area contributed by atoms with Gasteiger partial charge in [-0.25, -0.2) is 0 Å². The zero-order valence-corrected chi connectivity index (χ0v) is 6.32. The summed E-state index contributed by atoms with van der Waals surface area (Å²) in [5.74, 6) is 0.412. The molecule has 2 saturated heterocycles. The largest absolute Gasteiger partial charge is 0.464 e. The second kappa shape index (κ2) is 2.76. The van der Waals surface area contributed by atoms with Crippen LogP contribution < -0.4 is 5.32 Å². The van der Waals surface area contributed by atoms with Crippen molar-refractivity contribution in [2.75, 3.05) is 13.2 Å². The lowest BCUT2D eigenvalue weighted by Crippen LogP contribution is -2.30. The van der Waals surface area contributed by atoms with Crippen LogP contribution in [0.5, 0.6) is 0 Å². The second-order valence-corrected chi connectivity index (χ2v) is 2.61. The van der Waals surface area contributed by atoms with E-state index in [2.05, 4.69) is 5.32 Å². The van der Waals surface area contributed by atoms with Crippen LogP contribution in [0.2, 0.25) is 0 Å². The predicted octanol–water partition coefficient (Wildman–Crippen LogP) is -0.0569. The SMILES string of the molecule is Cl.O=C1OC[C@@H]2CCN[C@H]12. The molecule has 2 aliphatic rings. The molecule has 4 heteroatoms. The predicted molar refractivity (Wildman–Crippen MR) is 38.1 cm³/mol. The van der Waals surface area contributed by atoms with E-state index in [0.29, 0.717) is 12.5 Å². The number of halogens is 1. The van der Waals surface area contributed by atoms with E-state index in [1.807, 2.05) is 0 Å². The molecule has 0 bridgehead atoms. The fourth-order valence-electron chi connectivity index (χ4n) is 1.49. The molecule has 2 heterocycles. The first-order chi connectivity index (χ1) is 4.38. The summed E-state index contributed by atoms with van der Waals surface area (Å²) in [6.45, 7) is 1.61. The first-order valence-corrected chi connectivity index (χ1v) is 3.28. The van der Waals surface area contributed by atoms with Crippen molar-refractivity contribution in [2.45, 2.75) is 12.5 Å². The van der Waals surface area contributed by atoms with Crippen molar-refractivity contribution in [1.82, 2.24) is 5.32 Å². The zero-order valence-electron chi connectivity index (χ0n) is 5.50. The molecule has 2 atom stereocenters. The van der Waals surface area contributed by atoms with Gasteiger partial charge in [-0.05, 0) is 13.0 Å². The third-order valence-electron chi connectivity index (χ3n) is 2.04. The van der Waals surface area contributed by atoms with Crippen LogP contribution in [0.3, 0.4) is 0 Å². The molecular weight excluding hydrogens is 154 g/mol. The molecule has 0 aromatic rings. The highest BCUT2D eigenvalue weighted by Gasteiger charge is 2.39. The monoisotopic (exact) mass is 163 g/mol. The number of hydrogen-bond acceptors (Lipinski definition) is 3. The van der Waals surface area contributed by atoms with Gasteiger partial charge in [-0.1, -0.05) is 0 Å². The minimum atomic E-state index is -0.0579. The van der Waals surface area contributed by atoms with E-state index in [1.165, 1.54) is 0 Å². The van der Waals surface area contributed by atoms with Crippen LogP contribution in [-0.2, 0) is 9.53 Å². The number of fused-ring (bicyclic) bond motifs is 1. The number of cyclic esters (lactones) is 1. The Labute approximate surface area is 65.5 Å². The van der Waals surface area contributed by atoms with Gasteiger partial charge in [-0.15, -0.1) is 12.4 Å². The van der Waals surface area contributed by atoms with Gasteiger partial charge in [0.2, 0.25) is 0 Å². The molecule has 0 saturated carbocycles. The van der Waals surface area contributed by atoms with Crippen LogP contribution in [0, 0.1) is 5.92 Å². The Hall–Kier alpha value is -0.280. The lowest BCUT2D eigenvalue weighted by atomic mass is 10.1. The van der Waals surface area contributed by atoms with Crippen molar-refractivity contribution < 1.29 is 9.53 Å². The summed E-state index contributed by atoms with van der Waals surface area (Å²) in [4.78, 5) is 10.8. The maximum atomic E-state index is 10.8. The molecule has 2 fully saturated rings. The number of carbonyl (C=O) groups is 1. The highest BCUT2D eigenvalue weighted by atomic mass is 35.5. The van der Waals surface area contributed by atoms with Crippen molar-refractivity contribution in [3.8, 4) is 0 Å². The van der Waals surface area contributed by atoms with Crippen molar-refractivity contribution in [3.05, 3.63) is 0 Å². The molecule has 0 aromatic carbocycles. The van der Waals surface area contributed by atoms with Gasteiger partial charge < -0.3 is 10.1 Å². The maximum Gasteiger partial charge on any atom is 0.323 e. The molecule has 0 aromatic heterocycles. The summed E-state index contributed by atoms with van der Waals surface area (Å²) in [6.07, 6.45) is 1.09. The summed E-state index contributed by atoms with van der Waals surface area (Å²) in [7, 11) is 0. The lowest BCUT2D eigenvalue weighted by molar-refractivity contribution is -0.139. The van der Waals surface area contributed by atoms with Crippen LogP contribution in [0.25, 0.3) is 0 Å². The summed E-state index contributed by atoms with van der Waals surface area (Å²) in [5.41, 5.74) is 0. The number of ether oxygens (including phenoxy) is 1. The highest BCUT2D eigenvalue weighted by Crippen LogP contribution is 2.22. The third-order valence-corrected chi connectivity index (χ3v) is 2.04. The topological polar surface area (TPSA) is 38.3 Å². The number of esters is 1. The van der Waals surface area contributed by atoms with E-state index in [0.717, 1.165) is 13.0 Å². The van der Waals surface area contributed by atoms with E-state index in [-0.39, 0.29) is 24.4 Å². The number of hydrogen-bond donors (Lipinski definition) is 1. The fourth-order valence-corrected chi connectivity index (χ4v) is 1.49. The molecule has 0 spiro atoms. The van der Waals surface area contributed by atoms with E-state index < -0.39 is 0 Å². The van der Waals surface area contributed by atoms with Crippen LogP contribution in [0.15, 0.2) is 0 Å². The van der Waals surface area contributed by atoms with Gasteiger partial charge in [0.15, 0.2) is 0 Å². The average Bonchev–Trinajstić information content (AvgIpc) is 2.35. The summed E-state index contributed by atoms with van der Waals surface area (Å²) in [6, 6.07) is 0.0324. The molecular formula is C6H10ClNO2. The Bertz CT molecular complexity index is 151. The maximum absolute atomic E-state index is 10.8. The van der Waals surface area contributed by atoms with Crippen molar-refractivity contribution >= 4 is 18.4 Å². The molecule has 0 unspecified atom stereocenters. The smallest absolute Gasteiger partial charge is 0.323 e. The van der Waals surface area contributed by atoms with Crippen molar-refractivity contribution in [1.29, 1.82) is 0 Å². The quantitative estimate of drug-likeness (QED) is 0.509. The first-order valence-electron chi connectivity index (χ1n) is 3.28. The molecule has 2 rings (SSSR count). The Morgan fingerprint density at radius 2 is 2.40 bits per heavy atom. The van der Waals surface area contributed by atoms with Crippen molar-refractivity contribution in [2.24, 2.45) is 5.92 Å². The van der Waals surface area contributed by atoms with E-state index in [1.54, 1.807) is 0 Å². The molecule has 10 heavy (non-hydrogen) atoms. The van der Waals surface area contributed by atoms with E-state index in [9.17, 15) is 4.79 Å². The van der Waals surface area contributed by atoms with Gasteiger partial charge in [0.25, 0.3) is 0 Å². The van der Waals surface area contributed by atoms with Crippen LogP contribution in [0.4, 0.5) is 0 Å². The van der Waals surface area contributed by atoms with Gasteiger partial charge in [-0.2, -0.15) is 0 Å². The fraction of sp³-hybridized carbons (Fsp3) is 0.833. The Balaban J connectivity index is 0.000000500. The molecule has 0 radical (unpaired) electrons. The summed E-state index contributed by atoms with van der Waals surface area (Å²) < 4.78 is 4.82. The molecule has 3 nitrogen and oxygen atoms in total. The summed E-state index contributed by atoms with van der Waals surface area (Å²) in [5, 5.41) is 3.09. The van der Waals surface area contributed by atoms with Gasteiger partial charge in [0, 0.05) is 5.92 Å². The second-order valence-electron chi connectivity index (χ2n) is 2.61.